The summed E-state index contributed by atoms with van der Waals surface area (Å²) in [6.45, 7) is 4.42. The number of nitrogens with one attached hydrogen (secondary N) is 1. The quantitative estimate of drug-likeness (QED) is 0.673. The van der Waals surface area contributed by atoms with Gasteiger partial charge in [-0.2, -0.15) is 0 Å². The number of nitro groups is 1. The van der Waals surface area contributed by atoms with Crippen molar-refractivity contribution in [2.45, 2.75) is 26.4 Å². The first kappa shape index (κ1) is 13.6. The molecule has 1 N–H and O–H groups in total. The third-order valence-corrected chi connectivity index (χ3v) is 3.66. The largest absolute Gasteiger partial charge is 0.304 e. The van der Waals surface area contributed by atoms with Crippen LogP contribution in [-0.2, 0) is 6.54 Å². The van der Waals surface area contributed by atoms with E-state index >= 15 is 0 Å². The van der Waals surface area contributed by atoms with Crippen LogP contribution in [0, 0.1) is 17.0 Å². The Kier molecular flexibility index (Phi) is 4.24. The molecular weight excluding hydrogens is 262 g/mol. The Balaban J connectivity index is 2.05. The van der Waals surface area contributed by atoms with Crippen LogP contribution in [0.25, 0.3) is 0 Å². The fourth-order valence-corrected chi connectivity index (χ4v) is 2.49. The highest BCUT2D eigenvalue weighted by Gasteiger charge is 2.14. The molecule has 1 aromatic carbocycles. The van der Waals surface area contributed by atoms with E-state index in [0.29, 0.717) is 12.1 Å². The van der Waals surface area contributed by atoms with Crippen LogP contribution < -0.4 is 5.32 Å². The number of aryl methyl sites for hydroxylation is 1. The van der Waals surface area contributed by atoms with E-state index in [1.165, 1.54) is 6.07 Å². The van der Waals surface area contributed by atoms with Crippen molar-refractivity contribution >= 4 is 17.0 Å². The average Bonchev–Trinajstić information content (AvgIpc) is 2.83. The second kappa shape index (κ2) is 5.90. The summed E-state index contributed by atoms with van der Waals surface area (Å²) in [4.78, 5) is 15.0. The third-order valence-electron chi connectivity index (χ3n) is 2.87. The maximum absolute atomic E-state index is 10.9. The summed E-state index contributed by atoms with van der Waals surface area (Å²) in [7, 11) is 0. The number of aromatic nitrogens is 1. The molecule has 0 bridgehead atoms. The van der Waals surface area contributed by atoms with Gasteiger partial charge in [0.05, 0.1) is 15.6 Å². The van der Waals surface area contributed by atoms with Crippen molar-refractivity contribution in [3.05, 3.63) is 56.0 Å². The Bertz CT molecular complexity index is 583. The Hall–Kier alpha value is -1.79. The normalized spacial score (nSPS) is 12.3. The summed E-state index contributed by atoms with van der Waals surface area (Å²) >= 11 is 1.60. The van der Waals surface area contributed by atoms with E-state index in [4.69, 9.17) is 0 Å². The zero-order valence-corrected chi connectivity index (χ0v) is 11.6. The molecule has 100 valence electrons. The molecule has 0 aliphatic heterocycles. The number of thiazole rings is 1. The van der Waals surface area contributed by atoms with Crippen molar-refractivity contribution in [3.8, 4) is 0 Å². The van der Waals surface area contributed by atoms with Crippen molar-refractivity contribution in [2.24, 2.45) is 0 Å². The Labute approximate surface area is 115 Å². The van der Waals surface area contributed by atoms with Gasteiger partial charge in [-0.25, -0.2) is 4.98 Å². The lowest BCUT2D eigenvalue weighted by atomic mass is 10.1. The number of benzene rings is 1. The van der Waals surface area contributed by atoms with E-state index in [9.17, 15) is 10.1 Å². The van der Waals surface area contributed by atoms with Gasteiger partial charge in [-0.1, -0.05) is 18.2 Å². The van der Waals surface area contributed by atoms with Crippen molar-refractivity contribution in [1.82, 2.24) is 10.3 Å². The number of nitro benzene ring substituents is 1. The van der Waals surface area contributed by atoms with Gasteiger partial charge < -0.3 is 5.32 Å². The zero-order valence-electron chi connectivity index (χ0n) is 10.8. The molecule has 1 unspecified atom stereocenters. The fourth-order valence-electron chi connectivity index (χ4n) is 1.79. The Morgan fingerprint density at radius 2 is 2.21 bits per heavy atom. The van der Waals surface area contributed by atoms with Gasteiger partial charge in [0.15, 0.2) is 0 Å². The fraction of sp³-hybridized carbons (Fsp3) is 0.308. The highest BCUT2D eigenvalue weighted by Crippen LogP contribution is 2.20. The predicted octanol–water partition coefficient (Wildman–Crippen LogP) is 3.21. The molecule has 0 aliphatic rings. The number of hydrogen-bond donors (Lipinski definition) is 1. The standard InChI is InChI=1S/C13H15N3O2S/c1-9(12-8-19-10(2)15-12)14-7-11-5-3-4-6-13(11)16(17)18/h3-6,8-9,14H,7H2,1-2H3. The van der Waals surface area contributed by atoms with E-state index in [1.807, 2.05) is 25.3 Å². The predicted molar refractivity (Wildman–Crippen MR) is 75.2 cm³/mol. The van der Waals surface area contributed by atoms with Crippen LogP contribution in [0.2, 0.25) is 0 Å². The molecule has 1 aromatic heterocycles. The van der Waals surface area contributed by atoms with E-state index in [-0.39, 0.29) is 16.7 Å². The van der Waals surface area contributed by atoms with Gasteiger partial charge in [0.1, 0.15) is 0 Å². The molecule has 0 fully saturated rings. The van der Waals surface area contributed by atoms with Crippen molar-refractivity contribution in [1.29, 1.82) is 0 Å². The van der Waals surface area contributed by atoms with Gasteiger partial charge in [0.2, 0.25) is 0 Å². The zero-order chi connectivity index (χ0) is 13.8. The lowest BCUT2D eigenvalue weighted by Gasteiger charge is -2.11. The van der Waals surface area contributed by atoms with Gasteiger partial charge in [0.25, 0.3) is 5.69 Å². The summed E-state index contributed by atoms with van der Waals surface area (Å²) in [5.41, 5.74) is 1.81. The first-order valence-electron chi connectivity index (χ1n) is 5.95. The van der Waals surface area contributed by atoms with E-state index in [1.54, 1.807) is 23.5 Å². The van der Waals surface area contributed by atoms with Crippen LogP contribution in [0.4, 0.5) is 5.69 Å². The van der Waals surface area contributed by atoms with Crippen LogP contribution in [0.3, 0.4) is 0 Å². The van der Waals surface area contributed by atoms with Crippen LogP contribution in [0.5, 0.6) is 0 Å². The second-order valence-corrected chi connectivity index (χ2v) is 5.34. The summed E-state index contributed by atoms with van der Waals surface area (Å²) in [6.07, 6.45) is 0. The maximum Gasteiger partial charge on any atom is 0.273 e. The minimum Gasteiger partial charge on any atom is -0.304 e. The summed E-state index contributed by atoms with van der Waals surface area (Å²) in [5.74, 6) is 0. The van der Waals surface area contributed by atoms with Crippen LogP contribution in [0.15, 0.2) is 29.6 Å². The number of hydrogen-bond acceptors (Lipinski definition) is 5. The minimum absolute atomic E-state index is 0.0739. The SMILES string of the molecule is Cc1nc(C(C)NCc2ccccc2[N+](=O)[O-])cs1. The molecule has 0 saturated carbocycles. The summed E-state index contributed by atoms with van der Waals surface area (Å²) in [5, 5.41) is 17.2. The van der Waals surface area contributed by atoms with Gasteiger partial charge in [-0.15, -0.1) is 11.3 Å². The van der Waals surface area contributed by atoms with Gasteiger partial charge in [-0.05, 0) is 13.8 Å². The molecule has 1 atom stereocenters. The lowest BCUT2D eigenvalue weighted by molar-refractivity contribution is -0.385. The highest BCUT2D eigenvalue weighted by atomic mass is 32.1. The molecule has 0 saturated heterocycles. The Morgan fingerprint density at radius 1 is 1.47 bits per heavy atom. The smallest absolute Gasteiger partial charge is 0.273 e. The molecular formula is C13H15N3O2S. The van der Waals surface area contributed by atoms with Crippen molar-refractivity contribution in [2.75, 3.05) is 0 Å². The van der Waals surface area contributed by atoms with E-state index in [2.05, 4.69) is 10.3 Å². The first-order chi connectivity index (χ1) is 9.08. The number of para-hydroxylation sites is 1. The second-order valence-electron chi connectivity index (χ2n) is 4.28. The number of rotatable bonds is 5. The van der Waals surface area contributed by atoms with E-state index in [0.717, 1.165) is 10.7 Å². The molecule has 19 heavy (non-hydrogen) atoms. The molecule has 0 radical (unpaired) electrons. The van der Waals surface area contributed by atoms with Gasteiger partial charge >= 0.3 is 0 Å². The lowest BCUT2D eigenvalue weighted by Crippen LogP contribution is -2.19. The van der Waals surface area contributed by atoms with E-state index < -0.39 is 0 Å². The molecule has 1 heterocycles. The molecule has 5 nitrogen and oxygen atoms in total. The molecule has 2 aromatic rings. The Morgan fingerprint density at radius 3 is 2.84 bits per heavy atom. The monoisotopic (exact) mass is 277 g/mol. The average molecular weight is 277 g/mol. The highest BCUT2D eigenvalue weighted by molar-refractivity contribution is 7.09. The first-order valence-corrected chi connectivity index (χ1v) is 6.83. The summed E-state index contributed by atoms with van der Waals surface area (Å²) < 4.78 is 0. The van der Waals surface area contributed by atoms with Crippen LogP contribution in [-0.4, -0.2) is 9.91 Å². The molecule has 0 aliphatic carbocycles. The van der Waals surface area contributed by atoms with Gasteiger partial charge in [-0.3, -0.25) is 10.1 Å². The van der Waals surface area contributed by atoms with Crippen molar-refractivity contribution < 1.29 is 4.92 Å². The third kappa shape index (κ3) is 3.36. The number of nitrogens with zero attached hydrogens (tertiary/aromatic N) is 2. The molecule has 0 amide bonds. The van der Waals surface area contributed by atoms with Gasteiger partial charge in [0, 0.05) is 29.6 Å². The topological polar surface area (TPSA) is 68.1 Å². The van der Waals surface area contributed by atoms with Crippen LogP contribution >= 0.6 is 11.3 Å². The minimum atomic E-state index is -0.353. The molecule has 0 spiro atoms. The summed E-state index contributed by atoms with van der Waals surface area (Å²) in [6, 6.07) is 6.85. The molecule has 2 rings (SSSR count). The van der Waals surface area contributed by atoms with Crippen molar-refractivity contribution in [3.63, 3.8) is 0 Å². The maximum atomic E-state index is 10.9. The molecule has 6 heteroatoms. The van der Waals surface area contributed by atoms with Crippen LogP contribution in [0.1, 0.15) is 29.2 Å².